The fraction of sp³-hybridized carbons (Fsp3) is 0.558. The minimum absolute atomic E-state index is 0.0186. The first-order valence-corrected chi connectivity index (χ1v) is 21.6. The lowest BCUT2D eigenvalue weighted by molar-refractivity contribution is -0.329. The van der Waals surface area contributed by atoms with Crippen LogP contribution < -0.4 is 16.0 Å². The van der Waals surface area contributed by atoms with Gasteiger partial charge in [0.15, 0.2) is 24.3 Å². The zero-order chi connectivity index (χ0) is 47.5. The molecule has 1 aromatic heterocycles. The maximum atomic E-state index is 13.9. The van der Waals surface area contributed by atoms with Gasteiger partial charge >= 0.3 is 17.9 Å². The number of hydrogen-bond donors (Lipinski definition) is 10. The van der Waals surface area contributed by atoms with E-state index in [1.807, 2.05) is 0 Å². The summed E-state index contributed by atoms with van der Waals surface area (Å²) in [4.78, 5) is 72.8. The molecule has 1 saturated heterocycles. The number of carboxylic acids is 1. The van der Waals surface area contributed by atoms with Crippen molar-refractivity contribution in [2.45, 2.75) is 119 Å². The molecule has 2 aromatic rings. The summed E-state index contributed by atoms with van der Waals surface area (Å²) in [5, 5.41) is 81.0. The number of nitrogens with one attached hydrogen (secondary N) is 3. The molecule has 2 aliphatic carbocycles. The standard InChI is InChI=1S/C43H55N5O18/c1-21(50)44-12-13-45-38(55)24-15-25(46-39(56)26-17-32(53)48-43(60)47-26)35(65-33-18-27(51)28(52)20-61-33)29(16-24)63-42-37(66-41(59)23-10-6-3-7-11-23)36(34(54)31(19-49)64-42)62-30(40(57)58)14-22-8-4-2-5-9-22/h3,6-7,10-11,17-18,20,22,24-25,27,29-31,34-37,42,49,51-52,54H,2,4-5,8-9,12-16,19H2,1H3,(H,44,50)(H,45,55)(H,46,56)(H,57,58)(H2,47,48,53,60)/t24?,25?,27?,29?,30-,31?,34?,35?,36?,37?,42?/m0/s1. The molecule has 6 rings (SSSR count). The molecule has 11 atom stereocenters. The predicted molar refractivity (Wildman–Crippen MR) is 222 cm³/mol. The quantitative estimate of drug-likeness (QED) is 0.0703. The van der Waals surface area contributed by atoms with Crippen LogP contribution in [0.15, 0.2) is 60.4 Å². The molecule has 23 nitrogen and oxygen atoms in total. The van der Waals surface area contributed by atoms with Crippen LogP contribution in [0.1, 0.15) is 79.1 Å². The fourth-order valence-electron chi connectivity index (χ4n) is 8.35. The van der Waals surface area contributed by atoms with Gasteiger partial charge in [-0.05, 0) is 37.3 Å². The van der Waals surface area contributed by atoms with E-state index in [9.17, 15) is 59.7 Å². The number of aliphatic hydroxyl groups excluding tert-OH is 4. The minimum atomic E-state index is -1.84. The van der Waals surface area contributed by atoms with E-state index in [0.29, 0.717) is 0 Å². The third-order valence-corrected chi connectivity index (χ3v) is 11.6. The van der Waals surface area contributed by atoms with Crippen LogP contribution in [0.5, 0.6) is 11.9 Å². The summed E-state index contributed by atoms with van der Waals surface area (Å²) >= 11 is 0. The van der Waals surface area contributed by atoms with Crippen molar-refractivity contribution in [3.05, 3.63) is 71.7 Å². The Morgan fingerprint density at radius 2 is 1.65 bits per heavy atom. The zero-order valence-corrected chi connectivity index (χ0v) is 35.8. The van der Waals surface area contributed by atoms with Crippen molar-refractivity contribution in [3.8, 4) is 11.9 Å². The van der Waals surface area contributed by atoms with Crippen LogP contribution in [0.2, 0.25) is 0 Å². The Morgan fingerprint density at radius 3 is 2.32 bits per heavy atom. The van der Waals surface area contributed by atoms with Crippen molar-refractivity contribution >= 4 is 29.7 Å². The average molecular weight is 930 g/mol. The van der Waals surface area contributed by atoms with Crippen LogP contribution in [-0.2, 0) is 42.8 Å². The number of benzene rings is 1. The Balaban J connectivity index is 1.40. The molecule has 1 aromatic carbocycles. The average Bonchev–Trinajstić information content (AvgIpc) is 3.28. The maximum Gasteiger partial charge on any atom is 0.338 e. The van der Waals surface area contributed by atoms with E-state index >= 15 is 0 Å². The summed E-state index contributed by atoms with van der Waals surface area (Å²) in [5.74, 6) is -7.11. The van der Waals surface area contributed by atoms with E-state index in [0.717, 1.165) is 50.5 Å². The number of aromatic hydroxyl groups is 2. The molecule has 0 bridgehead atoms. The first-order chi connectivity index (χ1) is 31.6. The van der Waals surface area contributed by atoms with Gasteiger partial charge in [0.1, 0.15) is 48.6 Å². The molecule has 3 amide bonds. The Hall–Kier alpha value is -6.11. The number of aliphatic carboxylic acids is 1. The Morgan fingerprint density at radius 1 is 0.924 bits per heavy atom. The monoisotopic (exact) mass is 929 g/mol. The number of aliphatic hydroxyl groups is 4. The van der Waals surface area contributed by atoms with Gasteiger partial charge in [0, 0.05) is 38.1 Å². The topological polar surface area (TPSA) is 344 Å². The zero-order valence-electron chi connectivity index (χ0n) is 35.8. The van der Waals surface area contributed by atoms with Gasteiger partial charge in [-0.3, -0.25) is 14.4 Å². The summed E-state index contributed by atoms with van der Waals surface area (Å²) in [6.45, 7) is 0.470. The minimum Gasteiger partial charge on any atom is -0.506 e. The number of carboxylic acid groups (broad SMARTS) is 1. The number of nitrogens with zero attached hydrogens (tertiary/aromatic N) is 2. The molecular formula is C43H55N5O18. The van der Waals surface area contributed by atoms with Crippen LogP contribution >= 0.6 is 0 Å². The highest BCUT2D eigenvalue weighted by Gasteiger charge is 2.53. The largest absolute Gasteiger partial charge is 0.506 e. The van der Waals surface area contributed by atoms with E-state index in [4.69, 9.17) is 28.4 Å². The van der Waals surface area contributed by atoms with Crippen molar-refractivity contribution < 1.29 is 88.1 Å². The highest BCUT2D eigenvalue weighted by molar-refractivity contribution is 5.93. The number of carbonyl (C=O) groups is 5. The smallest absolute Gasteiger partial charge is 0.338 e. The molecule has 10 unspecified atom stereocenters. The van der Waals surface area contributed by atoms with Gasteiger partial charge in [0.2, 0.25) is 17.7 Å². The van der Waals surface area contributed by atoms with Crippen molar-refractivity contribution in [3.63, 3.8) is 0 Å². The van der Waals surface area contributed by atoms with Gasteiger partial charge in [0.25, 0.3) is 11.9 Å². The third kappa shape index (κ3) is 13.0. The summed E-state index contributed by atoms with van der Waals surface area (Å²) in [5.41, 5.74) is -0.472. The Labute approximate surface area is 377 Å². The lowest BCUT2D eigenvalue weighted by Crippen LogP contribution is -2.64. The second-order valence-electron chi connectivity index (χ2n) is 16.4. The Kier molecular flexibility index (Phi) is 17.1. The number of rotatable bonds is 18. The second-order valence-corrected chi connectivity index (χ2v) is 16.4. The molecule has 360 valence electrons. The predicted octanol–water partition coefficient (Wildman–Crippen LogP) is 0.163. The highest BCUT2D eigenvalue weighted by Crippen LogP contribution is 2.37. The number of aromatic nitrogens is 2. The summed E-state index contributed by atoms with van der Waals surface area (Å²) in [7, 11) is 0. The molecule has 0 spiro atoms. The molecule has 23 heteroatoms. The van der Waals surface area contributed by atoms with Crippen LogP contribution in [-0.4, -0.2) is 156 Å². The van der Waals surface area contributed by atoms with E-state index in [2.05, 4.69) is 25.9 Å². The molecule has 3 fully saturated rings. The van der Waals surface area contributed by atoms with Crippen LogP contribution in [0, 0.1) is 11.8 Å². The number of ether oxygens (including phenoxy) is 6. The van der Waals surface area contributed by atoms with Gasteiger partial charge in [0.05, 0.1) is 18.2 Å². The molecule has 2 aliphatic heterocycles. The Bertz CT molecular complexity index is 2060. The third-order valence-electron chi connectivity index (χ3n) is 11.6. The summed E-state index contributed by atoms with van der Waals surface area (Å²) in [6, 6.07) is 6.26. The number of amides is 3. The maximum absolute atomic E-state index is 13.9. The first kappa shape index (κ1) is 49.3. The van der Waals surface area contributed by atoms with Crippen molar-refractivity contribution in [1.29, 1.82) is 0 Å². The summed E-state index contributed by atoms with van der Waals surface area (Å²) < 4.78 is 36.5. The molecule has 3 heterocycles. The molecule has 10 N–H and O–H groups in total. The van der Waals surface area contributed by atoms with Gasteiger partial charge in [-0.2, -0.15) is 9.97 Å². The van der Waals surface area contributed by atoms with Crippen molar-refractivity contribution in [2.75, 3.05) is 19.7 Å². The first-order valence-electron chi connectivity index (χ1n) is 21.6. The van der Waals surface area contributed by atoms with Gasteiger partial charge in [-0.15, -0.1) is 0 Å². The van der Waals surface area contributed by atoms with E-state index < -0.39 is 127 Å². The van der Waals surface area contributed by atoms with Crippen LogP contribution in [0.3, 0.4) is 0 Å². The number of esters is 1. The molecule has 4 aliphatic rings. The highest BCUT2D eigenvalue weighted by atomic mass is 16.7. The van der Waals surface area contributed by atoms with Crippen molar-refractivity contribution in [2.24, 2.45) is 11.8 Å². The van der Waals surface area contributed by atoms with Crippen molar-refractivity contribution in [1.82, 2.24) is 25.9 Å². The normalized spacial score (nSPS) is 28.3. The van der Waals surface area contributed by atoms with E-state index in [1.165, 1.54) is 19.1 Å². The van der Waals surface area contributed by atoms with E-state index in [-0.39, 0.29) is 49.7 Å². The lowest BCUT2D eigenvalue weighted by Gasteiger charge is -2.47. The number of carbonyl (C=O) groups excluding carboxylic acids is 4. The van der Waals surface area contributed by atoms with Gasteiger partial charge < -0.3 is 80.1 Å². The molecule has 66 heavy (non-hydrogen) atoms. The molecule has 2 saturated carbocycles. The van der Waals surface area contributed by atoms with E-state index in [1.54, 1.807) is 18.2 Å². The van der Waals surface area contributed by atoms with Gasteiger partial charge in [-0.1, -0.05) is 50.3 Å². The van der Waals surface area contributed by atoms with Crippen LogP contribution in [0.25, 0.3) is 0 Å². The number of hydrogen-bond acceptors (Lipinski definition) is 19. The molecular weight excluding hydrogens is 874 g/mol. The second kappa shape index (κ2) is 22.9. The lowest BCUT2D eigenvalue weighted by atomic mass is 9.80. The summed E-state index contributed by atoms with van der Waals surface area (Å²) in [6.07, 6.45) is -9.14. The SMILES string of the molecule is CC(=O)NCCNC(=O)C1CC(NC(=O)c2cc(O)nc(O)n2)C(OC2=CC(O)C(O)=CO2)C(OC2OC(CO)C(O)C(O[C@@H](CC3CCCCC3)C(=O)O)C2OC(=O)c2ccccc2)C1. The van der Waals surface area contributed by atoms with Gasteiger partial charge in [-0.25, -0.2) is 9.59 Å². The van der Waals surface area contributed by atoms with Crippen LogP contribution in [0.4, 0.5) is 0 Å². The molecule has 0 radical (unpaired) electrons. The fourth-order valence-corrected chi connectivity index (χ4v) is 8.35.